The highest BCUT2D eigenvalue weighted by atomic mass is 16.5. The van der Waals surface area contributed by atoms with Crippen LogP contribution in [0.2, 0.25) is 0 Å². The molecule has 0 radical (unpaired) electrons. The van der Waals surface area contributed by atoms with Crippen molar-refractivity contribution in [1.29, 1.82) is 0 Å². The zero-order valence-electron chi connectivity index (χ0n) is 22.3. The van der Waals surface area contributed by atoms with Gasteiger partial charge in [0.05, 0.1) is 17.6 Å². The second-order valence-corrected chi connectivity index (χ2v) is 9.71. The van der Waals surface area contributed by atoms with Crippen molar-refractivity contribution >= 4 is 40.3 Å². The molecule has 2 aliphatic rings. The SMILES string of the molecule is CCC(=O)N1CCN(c2ccc(NC(=O)c3c(Nc4cnc5c(c4C)NCCO5)cc[nH]c3=O)cc2)C[C@@H]1C. The minimum absolute atomic E-state index is 0.0338. The van der Waals surface area contributed by atoms with Crippen molar-refractivity contribution in [1.82, 2.24) is 14.9 Å². The Balaban J connectivity index is 1.30. The Morgan fingerprint density at radius 3 is 2.69 bits per heavy atom. The fraction of sp³-hybridized carbons (Fsp3) is 0.357. The number of hydrogen-bond donors (Lipinski definition) is 4. The Kier molecular flexibility index (Phi) is 7.40. The number of hydrogen-bond acceptors (Lipinski definition) is 8. The van der Waals surface area contributed by atoms with Crippen LogP contribution in [-0.2, 0) is 4.79 Å². The van der Waals surface area contributed by atoms with Gasteiger partial charge in [-0.25, -0.2) is 4.98 Å². The molecule has 2 amide bonds. The number of H-pyrrole nitrogens is 1. The molecule has 0 spiro atoms. The highest BCUT2D eigenvalue weighted by Gasteiger charge is 2.26. The molecule has 5 rings (SSSR count). The van der Waals surface area contributed by atoms with Gasteiger partial charge in [0.15, 0.2) is 0 Å². The van der Waals surface area contributed by atoms with Gasteiger partial charge in [-0.3, -0.25) is 14.4 Å². The minimum atomic E-state index is -0.530. The van der Waals surface area contributed by atoms with E-state index in [1.807, 2.05) is 43.0 Å². The number of anilines is 5. The fourth-order valence-electron chi connectivity index (χ4n) is 5.02. The van der Waals surface area contributed by atoms with E-state index in [1.54, 1.807) is 12.3 Å². The van der Waals surface area contributed by atoms with E-state index in [2.05, 4.69) is 37.7 Å². The van der Waals surface area contributed by atoms with Gasteiger partial charge >= 0.3 is 0 Å². The van der Waals surface area contributed by atoms with E-state index in [-0.39, 0.29) is 17.5 Å². The molecule has 1 aromatic carbocycles. The summed E-state index contributed by atoms with van der Waals surface area (Å²) in [5, 5.41) is 9.32. The predicted molar refractivity (Wildman–Crippen MR) is 151 cm³/mol. The second-order valence-electron chi connectivity index (χ2n) is 9.71. The molecule has 4 heterocycles. The smallest absolute Gasteiger partial charge is 0.263 e. The lowest BCUT2D eigenvalue weighted by atomic mass is 10.1. The number of carbonyl (C=O) groups excluding carboxylic acids is 2. The van der Waals surface area contributed by atoms with E-state index >= 15 is 0 Å². The molecule has 3 aromatic rings. The van der Waals surface area contributed by atoms with Gasteiger partial charge in [-0.2, -0.15) is 0 Å². The number of nitrogens with one attached hydrogen (secondary N) is 4. The van der Waals surface area contributed by atoms with Gasteiger partial charge in [0, 0.05) is 61.8 Å². The van der Waals surface area contributed by atoms with Crippen LogP contribution >= 0.6 is 0 Å². The van der Waals surface area contributed by atoms with Gasteiger partial charge in [-0.05, 0) is 44.2 Å². The van der Waals surface area contributed by atoms with Crippen LogP contribution in [0, 0.1) is 6.92 Å². The number of piperazine rings is 1. The molecule has 1 atom stereocenters. The normalized spacial score (nSPS) is 16.5. The summed E-state index contributed by atoms with van der Waals surface area (Å²) in [7, 11) is 0. The summed E-state index contributed by atoms with van der Waals surface area (Å²) in [6, 6.07) is 9.27. The fourth-order valence-corrected chi connectivity index (χ4v) is 5.02. The van der Waals surface area contributed by atoms with Crippen molar-refractivity contribution in [3.05, 3.63) is 64.2 Å². The third kappa shape index (κ3) is 5.38. The Bertz CT molecular complexity index is 1440. The molecule has 204 valence electrons. The lowest BCUT2D eigenvalue weighted by Crippen LogP contribution is -2.54. The maximum absolute atomic E-state index is 13.3. The van der Waals surface area contributed by atoms with E-state index in [0.29, 0.717) is 49.1 Å². The molecule has 4 N–H and O–H groups in total. The predicted octanol–water partition coefficient (Wildman–Crippen LogP) is 3.33. The molecule has 11 heteroatoms. The Morgan fingerprint density at radius 1 is 1.15 bits per heavy atom. The molecule has 0 aliphatic carbocycles. The molecule has 2 aromatic heterocycles. The summed E-state index contributed by atoms with van der Waals surface area (Å²) in [4.78, 5) is 49.2. The number of aromatic nitrogens is 2. The monoisotopic (exact) mass is 531 g/mol. The molecule has 11 nitrogen and oxygen atoms in total. The number of aromatic amines is 1. The average Bonchev–Trinajstić information content (AvgIpc) is 2.94. The van der Waals surface area contributed by atoms with Crippen LogP contribution in [0.1, 0.15) is 36.2 Å². The third-order valence-electron chi connectivity index (χ3n) is 7.14. The number of carbonyl (C=O) groups is 2. The summed E-state index contributed by atoms with van der Waals surface area (Å²) in [6.45, 7) is 9.24. The molecule has 0 bridgehead atoms. The topological polar surface area (TPSA) is 132 Å². The van der Waals surface area contributed by atoms with Gasteiger partial charge in [0.1, 0.15) is 17.9 Å². The summed E-state index contributed by atoms with van der Waals surface area (Å²) in [5.41, 5.74) is 3.72. The largest absolute Gasteiger partial charge is 0.474 e. The van der Waals surface area contributed by atoms with E-state index in [0.717, 1.165) is 30.0 Å². The molecule has 2 aliphatic heterocycles. The number of fused-ring (bicyclic) bond motifs is 1. The van der Waals surface area contributed by atoms with Gasteiger partial charge in [0.25, 0.3) is 11.5 Å². The van der Waals surface area contributed by atoms with Gasteiger partial charge in [-0.1, -0.05) is 6.92 Å². The first-order valence-electron chi connectivity index (χ1n) is 13.2. The molecule has 1 fully saturated rings. The first-order valence-corrected chi connectivity index (χ1v) is 13.2. The second kappa shape index (κ2) is 11.1. The molecule has 0 unspecified atom stereocenters. The number of benzene rings is 1. The van der Waals surface area contributed by atoms with Crippen LogP contribution in [0.15, 0.2) is 47.5 Å². The molecular formula is C28H33N7O4. The van der Waals surface area contributed by atoms with Crippen molar-refractivity contribution in [2.75, 3.05) is 53.6 Å². The van der Waals surface area contributed by atoms with Crippen molar-refractivity contribution in [3.63, 3.8) is 0 Å². The molecular weight excluding hydrogens is 498 g/mol. The van der Waals surface area contributed by atoms with E-state index in [1.165, 1.54) is 6.20 Å². The summed E-state index contributed by atoms with van der Waals surface area (Å²) >= 11 is 0. The maximum atomic E-state index is 13.3. The molecule has 39 heavy (non-hydrogen) atoms. The lowest BCUT2D eigenvalue weighted by molar-refractivity contribution is -0.133. The first kappa shape index (κ1) is 26.1. The van der Waals surface area contributed by atoms with Crippen LogP contribution in [0.25, 0.3) is 0 Å². The van der Waals surface area contributed by atoms with E-state index in [4.69, 9.17) is 4.74 Å². The number of nitrogens with zero attached hydrogens (tertiary/aromatic N) is 3. The van der Waals surface area contributed by atoms with Crippen molar-refractivity contribution < 1.29 is 14.3 Å². The summed E-state index contributed by atoms with van der Waals surface area (Å²) < 4.78 is 5.59. The zero-order valence-corrected chi connectivity index (χ0v) is 22.3. The van der Waals surface area contributed by atoms with Crippen LogP contribution in [0.5, 0.6) is 5.88 Å². The van der Waals surface area contributed by atoms with Gasteiger partial charge < -0.3 is 35.5 Å². The van der Waals surface area contributed by atoms with Crippen molar-refractivity contribution in [2.45, 2.75) is 33.2 Å². The number of ether oxygens (including phenoxy) is 1. The summed E-state index contributed by atoms with van der Waals surface area (Å²) in [5.74, 6) is 0.175. The lowest BCUT2D eigenvalue weighted by Gasteiger charge is -2.41. The number of rotatable bonds is 6. The third-order valence-corrected chi connectivity index (χ3v) is 7.14. The van der Waals surface area contributed by atoms with Gasteiger partial charge in [0.2, 0.25) is 11.8 Å². The Hall–Kier alpha value is -4.54. The summed E-state index contributed by atoms with van der Waals surface area (Å²) in [6.07, 6.45) is 3.63. The molecule has 0 saturated carbocycles. The number of pyridine rings is 2. The van der Waals surface area contributed by atoms with Crippen LogP contribution < -0.4 is 31.1 Å². The van der Waals surface area contributed by atoms with E-state index in [9.17, 15) is 14.4 Å². The van der Waals surface area contributed by atoms with E-state index < -0.39 is 11.5 Å². The first-order chi connectivity index (χ1) is 18.9. The van der Waals surface area contributed by atoms with Crippen LogP contribution in [0.3, 0.4) is 0 Å². The van der Waals surface area contributed by atoms with Gasteiger partial charge in [-0.15, -0.1) is 0 Å². The number of amides is 2. The minimum Gasteiger partial charge on any atom is -0.474 e. The Morgan fingerprint density at radius 2 is 1.95 bits per heavy atom. The quantitative estimate of drug-likeness (QED) is 0.381. The average molecular weight is 532 g/mol. The highest BCUT2D eigenvalue weighted by Crippen LogP contribution is 2.34. The van der Waals surface area contributed by atoms with Crippen molar-refractivity contribution in [3.8, 4) is 5.88 Å². The standard InChI is InChI=1S/C28H33N7O4/c1-4-23(36)35-13-12-34(16-17(35)2)20-7-5-19(6-8-20)32-27(38)24-21(9-10-30-26(24)37)33-22-15-31-28-25(18(22)3)29-11-14-39-28/h5-10,15,17,29H,4,11-14,16H2,1-3H3,(H,32,38)(H2,30,33,37)/t17-/m0/s1. The molecule has 1 saturated heterocycles. The van der Waals surface area contributed by atoms with Crippen LogP contribution in [-0.4, -0.2) is 65.5 Å². The van der Waals surface area contributed by atoms with Crippen LogP contribution in [0.4, 0.5) is 28.4 Å². The zero-order chi connectivity index (χ0) is 27.5. The maximum Gasteiger partial charge on any atom is 0.263 e. The Labute approximate surface area is 226 Å². The van der Waals surface area contributed by atoms with Crippen molar-refractivity contribution in [2.24, 2.45) is 0 Å². The highest BCUT2D eigenvalue weighted by molar-refractivity contribution is 6.08.